The third kappa shape index (κ3) is 5.39. The fourth-order valence-corrected chi connectivity index (χ4v) is 5.38. The molecule has 3 nitrogen and oxygen atoms in total. The molecule has 2 aliphatic rings. The van der Waals surface area contributed by atoms with Crippen LogP contribution in [0.1, 0.15) is 24.8 Å². The van der Waals surface area contributed by atoms with Gasteiger partial charge in [0.25, 0.3) is 0 Å². The van der Waals surface area contributed by atoms with Crippen LogP contribution < -0.4 is 10.6 Å². The zero-order valence-electron chi connectivity index (χ0n) is 15.9. The summed E-state index contributed by atoms with van der Waals surface area (Å²) in [7, 11) is 0. The van der Waals surface area contributed by atoms with Gasteiger partial charge in [-0.25, -0.2) is 0 Å². The molecule has 2 fully saturated rings. The first-order chi connectivity index (χ1) is 12.9. The number of rotatable bonds is 7. The Labute approximate surface area is 173 Å². The zero-order chi connectivity index (χ0) is 17.6. The van der Waals surface area contributed by atoms with E-state index in [1.807, 2.05) is 11.8 Å². The van der Waals surface area contributed by atoms with Gasteiger partial charge in [0.2, 0.25) is 0 Å². The maximum absolute atomic E-state index is 5.68. The van der Waals surface area contributed by atoms with Gasteiger partial charge in [-0.05, 0) is 35.1 Å². The standard InChI is InChI=1S/C22H30N2OS.ClH/c1-2-8-19-17(5-1)6-3-7-18(19)16-26-14-12-24-21-10-4-9-20(21)22-15-25-13-11-23-22;/h1-3,5-8,20-24H,4,9-16H2;1H. The predicted octanol–water partition coefficient (Wildman–Crippen LogP) is 4.24. The third-order valence-corrected chi connectivity index (χ3v) is 6.83. The van der Waals surface area contributed by atoms with Crippen molar-refractivity contribution in [1.82, 2.24) is 10.6 Å². The molecular weight excluding hydrogens is 376 g/mol. The average molecular weight is 407 g/mol. The molecule has 148 valence electrons. The number of fused-ring (bicyclic) bond motifs is 1. The second-order valence-corrected chi connectivity index (χ2v) is 8.59. The van der Waals surface area contributed by atoms with Crippen molar-refractivity contribution in [2.75, 3.05) is 32.1 Å². The lowest BCUT2D eigenvalue weighted by molar-refractivity contribution is 0.0527. The Hall–Kier alpha value is -0.780. The first kappa shape index (κ1) is 20.9. The lowest BCUT2D eigenvalue weighted by Crippen LogP contribution is -2.51. The van der Waals surface area contributed by atoms with Gasteiger partial charge in [0, 0.05) is 36.7 Å². The van der Waals surface area contributed by atoms with E-state index in [0.29, 0.717) is 12.1 Å². The summed E-state index contributed by atoms with van der Waals surface area (Å²) < 4.78 is 5.68. The molecule has 4 rings (SSSR count). The predicted molar refractivity (Wildman–Crippen MR) is 119 cm³/mol. The van der Waals surface area contributed by atoms with Crippen molar-refractivity contribution in [2.24, 2.45) is 5.92 Å². The number of benzene rings is 2. The monoisotopic (exact) mass is 406 g/mol. The highest BCUT2D eigenvalue weighted by Crippen LogP contribution is 2.29. The van der Waals surface area contributed by atoms with E-state index < -0.39 is 0 Å². The van der Waals surface area contributed by atoms with Crippen LogP contribution in [0.5, 0.6) is 0 Å². The first-order valence-electron chi connectivity index (χ1n) is 10.0. The summed E-state index contributed by atoms with van der Waals surface area (Å²) in [6.07, 6.45) is 4.00. The van der Waals surface area contributed by atoms with Crippen LogP contribution in [0, 0.1) is 5.92 Å². The molecule has 0 radical (unpaired) electrons. The molecule has 1 saturated heterocycles. The summed E-state index contributed by atoms with van der Waals surface area (Å²) in [5.74, 6) is 2.99. The van der Waals surface area contributed by atoms with E-state index in [9.17, 15) is 0 Å². The molecule has 27 heavy (non-hydrogen) atoms. The lowest BCUT2D eigenvalue weighted by atomic mass is 9.94. The number of nitrogens with one attached hydrogen (secondary N) is 2. The van der Waals surface area contributed by atoms with Gasteiger partial charge in [-0.15, -0.1) is 12.4 Å². The van der Waals surface area contributed by atoms with Crippen molar-refractivity contribution in [3.63, 3.8) is 0 Å². The van der Waals surface area contributed by atoms with Crippen LogP contribution in [0.2, 0.25) is 0 Å². The minimum atomic E-state index is 0. The van der Waals surface area contributed by atoms with Crippen molar-refractivity contribution in [3.05, 3.63) is 48.0 Å². The van der Waals surface area contributed by atoms with Crippen LogP contribution in [-0.2, 0) is 10.5 Å². The second-order valence-electron chi connectivity index (χ2n) is 7.48. The summed E-state index contributed by atoms with van der Waals surface area (Å²) in [4.78, 5) is 0. The molecule has 0 spiro atoms. The highest BCUT2D eigenvalue weighted by atomic mass is 35.5. The fourth-order valence-electron chi connectivity index (χ4n) is 4.50. The molecule has 2 aromatic carbocycles. The normalized spacial score (nSPS) is 25.4. The maximum atomic E-state index is 5.68. The van der Waals surface area contributed by atoms with Crippen molar-refractivity contribution in [3.8, 4) is 0 Å². The molecule has 2 N–H and O–H groups in total. The van der Waals surface area contributed by atoms with Crippen molar-refractivity contribution in [1.29, 1.82) is 0 Å². The number of thioether (sulfide) groups is 1. The van der Waals surface area contributed by atoms with Gasteiger partial charge in [-0.2, -0.15) is 11.8 Å². The van der Waals surface area contributed by atoms with Crippen LogP contribution in [-0.4, -0.2) is 44.1 Å². The summed E-state index contributed by atoms with van der Waals surface area (Å²) in [5.41, 5.74) is 1.45. The molecule has 1 saturated carbocycles. The summed E-state index contributed by atoms with van der Waals surface area (Å²) in [6.45, 7) is 3.86. The Morgan fingerprint density at radius 2 is 2.00 bits per heavy atom. The number of ether oxygens (including phenoxy) is 1. The Kier molecular flexibility index (Phi) is 8.28. The van der Waals surface area contributed by atoms with E-state index in [1.165, 1.54) is 41.4 Å². The second kappa shape index (κ2) is 10.7. The van der Waals surface area contributed by atoms with Crippen LogP contribution in [0.4, 0.5) is 0 Å². The summed E-state index contributed by atoms with van der Waals surface area (Å²) >= 11 is 2.04. The smallest absolute Gasteiger partial charge is 0.0623 e. The molecule has 1 aliphatic heterocycles. The van der Waals surface area contributed by atoms with E-state index >= 15 is 0 Å². The Morgan fingerprint density at radius 1 is 1.11 bits per heavy atom. The largest absolute Gasteiger partial charge is 0.379 e. The number of morpholine rings is 1. The Morgan fingerprint density at radius 3 is 2.89 bits per heavy atom. The minimum Gasteiger partial charge on any atom is -0.379 e. The molecular formula is C22H31ClN2OS. The topological polar surface area (TPSA) is 33.3 Å². The van der Waals surface area contributed by atoms with Gasteiger partial charge in [0.05, 0.1) is 13.2 Å². The zero-order valence-corrected chi connectivity index (χ0v) is 17.5. The van der Waals surface area contributed by atoms with Crippen LogP contribution in [0.15, 0.2) is 42.5 Å². The number of hydrogen-bond donors (Lipinski definition) is 2. The summed E-state index contributed by atoms with van der Waals surface area (Å²) in [5, 5.41) is 10.2. The van der Waals surface area contributed by atoms with Crippen LogP contribution in [0.25, 0.3) is 10.8 Å². The highest BCUT2D eigenvalue weighted by molar-refractivity contribution is 7.98. The van der Waals surface area contributed by atoms with Crippen LogP contribution >= 0.6 is 24.2 Å². The maximum Gasteiger partial charge on any atom is 0.0623 e. The van der Waals surface area contributed by atoms with E-state index in [0.717, 1.165) is 38.0 Å². The Bertz CT molecular complexity index is 702. The van der Waals surface area contributed by atoms with Crippen molar-refractivity contribution in [2.45, 2.75) is 37.1 Å². The highest BCUT2D eigenvalue weighted by Gasteiger charge is 2.34. The molecule has 0 aromatic heterocycles. The molecule has 2 aromatic rings. The quantitative estimate of drug-likeness (QED) is 0.674. The SMILES string of the molecule is Cl.c1ccc2c(CSCCNC3CCCC3C3COCCN3)cccc2c1. The molecule has 3 atom stereocenters. The third-order valence-electron chi connectivity index (χ3n) is 5.83. The van der Waals surface area contributed by atoms with Crippen LogP contribution in [0.3, 0.4) is 0 Å². The van der Waals surface area contributed by atoms with Gasteiger partial charge in [-0.3, -0.25) is 0 Å². The van der Waals surface area contributed by atoms with Gasteiger partial charge >= 0.3 is 0 Å². The first-order valence-corrected chi connectivity index (χ1v) is 11.2. The van der Waals surface area contributed by atoms with E-state index in [2.05, 4.69) is 53.1 Å². The van der Waals surface area contributed by atoms with E-state index in [-0.39, 0.29) is 12.4 Å². The molecule has 5 heteroatoms. The minimum absolute atomic E-state index is 0. The molecule has 1 heterocycles. The summed E-state index contributed by atoms with van der Waals surface area (Å²) in [6, 6.07) is 16.6. The van der Waals surface area contributed by atoms with E-state index in [4.69, 9.17) is 4.74 Å². The van der Waals surface area contributed by atoms with E-state index in [1.54, 1.807) is 0 Å². The fraction of sp³-hybridized carbons (Fsp3) is 0.545. The molecule has 3 unspecified atom stereocenters. The average Bonchev–Trinajstić information content (AvgIpc) is 3.17. The van der Waals surface area contributed by atoms with Gasteiger partial charge < -0.3 is 15.4 Å². The van der Waals surface area contributed by atoms with Crippen molar-refractivity contribution >= 4 is 34.9 Å². The van der Waals surface area contributed by atoms with Gasteiger partial charge in [0.1, 0.15) is 0 Å². The van der Waals surface area contributed by atoms with Crippen molar-refractivity contribution < 1.29 is 4.74 Å². The number of hydrogen-bond acceptors (Lipinski definition) is 4. The number of halogens is 1. The molecule has 0 amide bonds. The van der Waals surface area contributed by atoms with Gasteiger partial charge in [-0.1, -0.05) is 48.9 Å². The lowest BCUT2D eigenvalue weighted by Gasteiger charge is -2.33. The molecule has 0 bridgehead atoms. The molecule has 1 aliphatic carbocycles. The Balaban J connectivity index is 0.00000210. The van der Waals surface area contributed by atoms with Gasteiger partial charge in [0.15, 0.2) is 0 Å².